The van der Waals surface area contributed by atoms with Gasteiger partial charge in [-0.15, -0.1) is 0 Å². The molecule has 4 aliphatic rings. The van der Waals surface area contributed by atoms with Crippen molar-refractivity contribution in [1.29, 1.82) is 0 Å². The molecule has 1 saturated carbocycles. The number of hydrogen-bond acceptors (Lipinski definition) is 4. The Morgan fingerprint density at radius 3 is 2.62 bits per heavy atom. The van der Waals surface area contributed by atoms with Crippen LogP contribution in [0.5, 0.6) is 0 Å². The van der Waals surface area contributed by atoms with Crippen LogP contribution in [0.3, 0.4) is 0 Å². The summed E-state index contributed by atoms with van der Waals surface area (Å²) < 4.78 is 11.7. The molecule has 5 nitrogen and oxygen atoms in total. The molecule has 0 aromatic carbocycles. The van der Waals surface area contributed by atoms with Gasteiger partial charge in [0.25, 0.3) is 0 Å². The van der Waals surface area contributed by atoms with Crippen molar-refractivity contribution < 1.29 is 24.0 Å². The van der Waals surface area contributed by atoms with Gasteiger partial charge < -0.3 is 14.4 Å². The molecule has 0 spiro atoms. The molecule has 2 heterocycles. The minimum atomic E-state index is -0.226. The fourth-order valence-corrected chi connectivity index (χ4v) is 5.67. The molecule has 2 aliphatic carbocycles. The molecule has 26 heavy (non-hydrogen) atoms. The molecule has 0 aromatic heterocycles. The van der Waals surface area contributed by atoms with E-state index in [2.05, 4.69) is 20.8 Å². The fraction of sp³-hybridized carbons (Fsp3) is 0.714. The summed E-state index contributed by atoms with van der Waals surface area (Å²) in [5.41, 5.74) is 1.68. The SMILES string of the molecule is CC1=C2[C@@H]3OC(=O)[C@H](C[NH+]4C[C@H](C)O[C@@H](C)C4)[C@@H]3CC[C@]2(C)C=CC1=O. The molecule has 0 unspecified atom stereocenters. The number of allylic oxidation sites excluding steroid dienone is 3. The Kier molecular flexibility index (Phi) is 4.35. The predicted octanol–water partition coefficient (Wildman–Crippen LogP) is 1.09. The Morgan fingerprint density at radius 1 is 1.23 bits per heavy atom. The highest BCUT2D eigenvalue weighted by Gasteiger charge is 2.55. The molecule has 0 bridgehead atoms. The van der Waals surface area contributed by atoms with Crippen molar-refractivity contribution >= 4 is 11.8 Å². The van der Waals surface area contributed by atoms with Crippen molar-refractivity contribution in [3.05, 3.63) is 23.3 Å². The first-order valence-corrected chi connectivity index (χ1v) is 9.93. The number of fused-ring (bicyclic) bond motifs is 3. The predicted molar refractivity (Wildman–Crippen MR) is 96.6 cm³/mol. The van der Waals surface area contributed by atoms with Crippen molar-refractivity contribution in [2.24, 2.45) is 17.3 Å². The third-order valence-electron chi connectivity index (χ3n) is 6.85. The molecule has 2 aliphatic heterocycles. The summed E-state index contributed by atoms with van der Waals surface area (Å²) >= 11 is 0. The van der Waals surface area contributed by atoms with Crippen molar-refractivity contribution in [1.82, 2.24) is 0 Å². The van der Waals surface area contributed by atoms with Gasteiger partial charge in [-0.2, -0.15) is 0 Å². The molecule has 5 heteroatoms. The minimum Gasteiger partial charge on any atom is -0.457 e. The number of morpholine rings is 1. The normalized spacial score (nSPS) is 45.4. The van der Waals surface area contributed by atoms with E-state index in [-0.39, 0.29) is 47.3 Å². The lowest BCUT2D eigenvalue weighted by molar-refractivity contribution is -0.917. The van der Waals surface area contributed by atoms with Crippen LogP contribution in [0, 0.1) is 17.3 Å². The number of nitrogens with one attached hydrogen (secondary N) is 1. The van der Waals surface area contributed by atoms with Crippen molar-refractivity contribution in [2.75, 3.05) is 19.6 Å². The second kappa shape index (κ2) is 6.31. The number of carbonyl (C=O) groups excluding carboxylic acids is 2. The highest BCUT2D eigenvalue weighted by molar-refractivity contribution is 6.05. The highest BCUT2D eigenvalue weighted by atomic mass is 16.6. The Balaban J connectivity index is 1.57. The van der Waals surface area contributed by atoms with Gasteiger partial charge in [-0.05, 0) is 45.3 Å². The molecule has 6 atom stereocenters. The first-order valence-electron chi connectivity index (χ1n) is 9.93. The lowest BCUT2D eigenvalue weighted by Crippen LogP contribution is -3.16. The summed E-state index contributed by atoms with van der Waals surface area (Å²) in [6, 6.07) is 0. The molecule has 2 saturated heterocycles. The third-order valence-corrected chi connectivity index (χ3v) is 6.85. The maximum absolute atomic E-state index is 12.8. The van der Waals surface area contributed by atoms with E-state index in [1.165, 1.54) is 4.90 Å². The van der Waals surface area contributed by atoms with E-state index in [9.17, 15) is 9.59 Å². The molecule has 3 fully saturated rings. The number of hydrogen-bond donors (Lipinski definition) is 1. The van der Waals surface area contributed by atoms with Gasteiger partial charge >= 0.3 is 5.97 Å². The molecular weight excluding hydrogens is 330 g/mol. The van der Waals surface area contributed by atoms with E-state index < -0.39 is 0 Å². The minimum absolute atomic E-state index is 0.0547. The lowest BCUT2D eigenvalue weighted by atomic mass is 9.61. The number of rotatable bonds is 2. The Labute approximate surface area is 155 Å². The van der Waals surface area contributed by atoms with E-state index >= 15 is 0 Å². The Morgan fingerprint density at radius 2 is 1.92 bits per heavy atom. The van der Waals surface area contributed by atoms with E-state index in [1.807, 2.05) is 13.0 Å². The van der Waals surface area contributed by atoms with Gasteiger partial charge in [0.15, 0.2) is 5.78 Å². The number of esters is 1. The van der Waals surface area contributed by atoms with Crippen LogP contribution in [0.4, 0.5) is 0 Å². The number of quaternary nitrogens is 1. The quantitative estimate of drug-likeness (QED) is 0.749. The third kappa shape index (κ3) is 2.85. The van der Waals surface area contributed by atoms with Crippen LogP contribution in [0.2, 0.25) is 0 Å². The molecule has 0 aromatic rings. The molecule has 142 valence electrons. The lowest BCUT2D eigenvalue weighted by Gasteiger charge is -2.43. The monoisotopic (exact) mass is 360 g/mol. The van der Waals surface area contributed by atoms with Crippen LogP contribution in [0.15, 0.2) is 23.3 Å². The summed E-state index contributed by atoms with van der Waals surface area (Å²) in [6.45, 7) is 10.9. The molecule has 1 N–H and O–H groups in total. The maximum Gasteiger partial charge on any atom is 0.315 e. The molecule has 0 amide bonds. The van der Waals surface area contributed by atoms with E-state index in [4.69, 9.17) is 9.47 Å². The van der Waals surface area contributed by atoms with Gasteiger partial charge in [-0.25, -0.2) is 0 Å². The smallest absolute Gasteiger partial charge is 0.315 e. The van der Waals surface area contributed by atoms with Crippen LogP contribution in [0.1, 0.15) is 40.5 Å². The van der Waals surface area contributed by atoms with E-state index in [1.54, 1.807) is 6.08 Å². The van der Waals surface area contributed by atoms with Gasteiger partial charge in [0, 0.05) is 16.9 Å². The van der Waals surface area contributed by atoms with Crippen LogP contribution >= 0.6 is 0 Å². The van der Waals surface area contributed by atoms with Crippen molar-refractivity contribution in [3.8, 4) is 0 Å². The van der Waals surface area contributed by atoms with Crippen LogP contribution in [-0.2, 0) is 19.1 Å². The summed E-state index contributed by atoms with van der Waals surface area (Å²) in [5, 5.41) is 0. The second-order valence-electron chi connectivity index (χ2n) is 8.94. The molecule has 0 radical (unpaired) electrons. The van der Waals surface area contributed by atoms with Gasteiger partial charge in [0.05, 0.1) is 6.54 Å². The number of ketones is 1. The average Bonchev–Trinajstić information content (AvgIpc) is 2.86. The van der Waals surface area contributed by atoms with Crippen LogP contribution < -0.4 is 4.90 Å². The topological polar surface area (TPSA) is 57.0 Å². The Hall–Kier alpha value is -1.46. The van der Waals surface area contributed by atoms with Crippen molar-refractivity contribution in [3.63, 3.8) is 0 Å². The number of ether oxygens (including phenoxy) is 2. The number of carbonyl (C=O) groups is 2. The Bertz CT molecular complexity index is 686. The van der Waals surface area contributed by atoms with Crippen LogP contribution in [-0.4, -0.2) is 49.7 Å². The zero-order valence-corrected chi connectivity index (χ0v) is 16.2. The van der Waals surface area contributed by atoms with Crippen LogP contribution in [0.25, 0.3) is 0 Å². The van der Waals surface area contributed by atoms with E-state index in [0.29, 0.717) is 0 Å². The zero-order chi connectivity index (χ0) is 18.6. The van der Waals surface area contributed by atoms with Gasteiger partial charge in [0.1, 0.15) is 37.3 Å². The first kappa shape index (κ1) is 17.9. The second-order valence-corrected chi connectivity index (χ2v) is 8.94. The van der Waals surface area contributed by atoms with E-state index in [0.717, 1.165) is 43.6 Å². The maximum atomic E-state index is 12.8. The molecular formula is C21H30NO4+. The van der Waals surface area contributed by atoms with Gasteiger partial charge in [-0.3, -0.25) is 9.59 Å². The molecule has 4 rings (SSSR count). The zero-order valence-electron chi connectivity index (χ0n) is 16.2. The summed E-state index contributed by atoms with van der Waals surface area (Å²) in [7, 11) is 0. The first-order chi connectivity index (χ1) is 12.3. The summed E-state index contributed by atoms with van der Waals surface area (Å²) in [4.78, 5) is 26.4. The summed E-state index contributed by atoms with van der Waals surface area (Å²) in [5.74, 6) is 0.101. The highest BCUT2D eigenvalue weighted by Crippen LogP contribution is 2.52. The summed E-state index contributed by atoms with van der Waals surface area (Å²) in [6.07, 6.45) is 5.88. The van der Waals surface area contributed by atoms with Gasteiger partial charge in [-0.1, -0.05) is 13.0 Å². The average molecular weight is 360 g/mol. The van der Waals surface area contributed by atoms with Gasteiger partial charge in [0.2, 0.25) is 0 Å². The fourth-order valence-electron chi connectivity index (χ4n) is 5.67. The standard InChI is InChI=1S/C21H29NO4/c1-12-9-22(10-13(2)25-12)11-16-15-5-7-21(4)8-6-17(23)14(3)18(21)19(15)26-20(16)24/h6,8,12-13,15-16,19H,5,7,9-11H2,1-4H3/p+1/t12-,13-,15-,16+,19+,21+/m0/s1. The van der Waals surface area contributed by atoms with Crippen molar-refractivity contribution in [2.45, 2.75) is 58.8 Å². The largest absolute Gasteiger partial charge is 0.457 e.